The molecule has 0 radical (unpaired) electrons. The van der Waals surface area contributed by atoms with Gasteiger partial charge in [0.25, 0.3) is 5.89 Å². The molecule has 2 aromatic carbocycles. The van der Waals surface area contributed by atoms with Crippen LogP contribution in [0, 0.1) is 17.0 Å². The van der Waals surface area contributed by atoms with E-state index in [1.807, 2.05) is 0 Å². The molecule has 0 saturated carbocycles. The first-order chi connectivity index (χ1) is 15.6. The third-order valence-electron chi connectivity index (χ3n) is 4.65. The van der Waals surface area contributed by atoms with Gasteiger partial charge < -0.3 is 14.6 Å². The lowest BCUT2D eigenvalue weighted by atomic mass is 9.99. The summed E-state index contributed by atoms with van der Waals surface area (Å²) in [5.74, 6) is -2.75. The molecule has 0 aliphatic heterocycles. The molecule has 0 bridgehead atoms. The van der Waals surface area contributed by atoms with E-state index in [0.29, 0.717) is 5.56 Å². The molecule has 4 aromatic rings. The van der Waals surface area contributed by atoms with E-state index in [4.69, 9.17) is 4.42 Å². The molecule has 4 rings (SSSR count). The number of pyridine rings is 1. The third-order valence-corrected chi connectivity index (χ3v) is 4.65. The Balaban J connectivity index is 1.94. The zero-order valence-corrected chi connectivity index (χ0v) is 16.7. The number of halogens is 3. The lowest BCUT2D eigenvalue weighted by Crippen LogP contribution is -2.10. The molecule has 0 amide bonds. The number of nitro groups is 1. The summed E-state index contributed by atoms with van der Waals surface area (Å²) in [5, 5.41) is 37.9. The minimum absolute atomic E-state index is 0.0438. The Morgan fingerprint density at radius 3 is 2.30 bits per heavy atom. The Kier molecular flexibility index (Phi) is 5.20. The van der Waals surface area contributed by atoms with Crippen molar-refractivity contribution in [2.75, 3.05) is 0 Å². The van der Waals surface area contributed by atoms with Gasteiger partial charge in [-0.15, -0.1) is 10.2 Å². The Labute approximate surface area is 182 Å². The summed E-state index contributed by atoms with van der Waals surface area (Å²) in [6, 6.07) is 10.7. The quantitative estimate of drug-likeness (QED) is 0.245. The van der Waals surface area contributed by atoms with Gasteiger partial charge in [0.2, 0.25) is 11.6 Å². The van der Waals surface area contributed by atoms with Crippen LogP contribution in [-0.4, -0.2) is 30.3 Å². The Morgan fingerprint density at radius 1 is 1.00 bits per heavy atom. The maximum absolute atomic E-state index is 13.9. The molecular weight excluding hydrogens is 445 g/mol. The van der Waals surface area contributed by atoms with Crippen molar-refractivity contribution >= 4 is 5.69 Å². The lowest BCUT2D eigenvalue weighted by molar-refractivity contribution is -0.385. The first-order valence-corrected chi connectivity index (χ1v) is 9.25. The van der Waals surface area contributed by atoms with E-state index in [2.05, 4.69) is 15.2 Å². The summed E-state index contributed by atoms with van der Waals surface area (Å²) >= 11 is 0. The highest BCUT2D eigenvalue weighted by Gasteiger charge is 2.38. The van der Waals surface area contributed by atoms with Gasteiger partial charge in [0.1, 0.15) is 0 Å². The van der Waals surface area contributed by atoms with Gasteiger partial charge in [-0.2, -0.15) is 13.2 Å². The normalized spacial score (nSPS) is 11.5. The van der Waals surface area contributed by atoms with E-state index in [-0.39, 0.29) is 17.0 Å². The van der Waals surface area contributed by atoms with Crippen LogP contribution < -0.4 is 0 Å². The molecule has 2 N–H and O–H groups in total. The van der Waals surface area contributed by atoms with Gasteiger partial charge in [-0.05, 0) is 19.1 Å². The molecule has 0 spiro atoms. The number of aryl methyl sites for hydroxylation is 1. The highest BCUT2D eigenvalue weighted by molar-refractivity contribution is 5.80. The third kappa shape index (κ3) is 4.05. The van der Waals surface area contributed by atoms with Crippen LogP contribution in [0.4, 0.5) is 18.9 Å². The number of aromatic hydroxyl groups is 2. The van der Waals surface area contributed by atoms with Crippen molar-refractivity contribution in [3.8, 4) is 45.7 Å². The molecular formula is C21H13F3N4O5. The van der Waals surface area contributed by atoms with Crippen molar-refractivity contribution in [1.29, 1.82) is 0 Å². The van der Waals surface area contributed by atoms with Gasteiger partial charge in [0.15, 0.2) is 5.75 Å². The molecule has 9 nitrogen and oxygen atoms in total. The Morgan fingerprint density at radius 2 is 1.67 bits per heavy atom. The zero-order valence-electron chi connectivity index (χ0n) is 16.7. The van der Waals surface area contributed by atoms with Gasteiger partial charge in [-0.25, -0.2) is 0 Å². The van der Waals surface area contributed by atoms with E-state index in [9.17, 15) is 33.5 Å². The Hall–Kier alpha value is -4.48. The predicted octanol–water partition coefficient (Wildman–Crippen LogP) is 5.11. The second-order valence-corrected chi connectivity index (χ2v) is 6.93. The van der Waals surface area contributed by atoms with Gasteiger partial charge in [-0.1, -0.05) is 30.3 Å². The molecule has 0 saturated heterocycles. The molecule has 0 atom stereocenters. The highest BCUT2D eigenvalue weighted by atomic mass is 19.4. The van der Waals surface area contributed by atoms with Crippen LogP contribution in [0.25, 0.3) is 34.2 Å². The van der Waals surface area contributed by atoms with Gasteiger partial charge in [0.05, 0.1) is 21.7 Å². The Bertz CT molecular complexity index is 1370. The minimum atomic E-state index is -4.78. The number of nitrogens with zero attached hydrogens (tertiary/aromatic N) is 4. The molecule has 0 aliphatic rings. The summed E-state index contributed by atoms with van der Waals surface area (Å²) in [4.78, 5) is 14.4. The van der Waals surface area contributed by atoms with Crippen molar-refractivity contribution in [1.82, 2.24) is 15.2 Å². The second-order valence-electron chi connectivity index (χ2n) is 6.93. The number of hydrogen-bond donors (Lipinski definition) is 2. The van der Waals surface area contributed by atoms with Crippen LogP contribution in [0.2, 0.25) is 0 Å². The standard InChI is InChI=1S/C21H13F3N4O5/c1-10-7-13(21(22,23)24)16(17(25-10)11-5-3-2-4-6-11)20-27-26-19(33-20)12-8-14(28(31)32)18(30)15(29)9-12/h2-9,29-30H,1H3. The number of alkyl halides is 3. The number of hydrogen-bond acceptors (Lipinski definition) is 8. The van der Waals surface area contributed by atoms with Crippen LogP contribution in [-0.2, 0) is 6.18 Å². The number of phenolic OH excluding ortho intramolecular Hbond substituents is 2. The van der Waals surface area contributed by atoms with Crippen molar-refractivity contribution in [2.45, 2.75) is 13.1 Å². The van der Waals surface area contributed by atoms with Crippen LogP contribution >= 0.6 is 0 Å². The molecule has 168 valence electrons. The van der Waals surface area contributed by atoms with Crippen LogP contribution in [0.5, 0.6) is 11.5 Å². The predicted molar refractivity (Wildman–Crippen MR) is 108 cm³/mol. The number of nitro benzene ring substituents is 1. The summed E-state index contributed by atoms with van der Waals surface area (Å²) in [6.07, 6.45) is -4.78. The first-order valence-electron chi connectivity index (χ1n) is 9.25. The smallest absolute Gasteiger partial charge is 0.417 e. The average Bonchev–Trinajstić information content (AvgIpc) is 3.24. The second kappa shape index (κ2) is 7.89. The molecule has 0 fully saturated rings. The molecule has 12 heteroatoms. The van der Waals surface area contributed by atoms with Crippen molar-refractivity contribution < 1.29 is 32.7 Å². The molecule has 2 heterocycles. The maximum atomic E-state index is 13.9. The molecule has 0 unspecified atom stereocenters. The minimum Gasteiger partial charge on any atom is -0.504 e. The summed E-state index contributed by atoms with van der Waals surface area (Å²) in [6.45, 7) is 1.42. The van der Waals surface area contributed by atoms with Crippen LogP contribution in [0.1, 0.15) is 11.3 Å². The zero-order chi connectivity index (χ0) is 23.9. The fourth-order valence-electron chi connectivity index (χ4n) is 3.23. The summed E-state index contributed by atoms with van der Waals surface area (Å²) < 4.78 is 47.2. The number of rotatable bonds is 4. The van der Waals surface area contributed by atoms with Gasteiger partial charge in [-0.3, -0.25) is 15.1 Å². The lowest BCUT2D eigenvalue weighted by Gasteiger charge is -2.15. The monoisotopic (exact) mass is 458 g/mol. The largest absolute Gasteiger partial charge is 0.504 e. The van der Waals surface area contributed by atoms with Crippen LogP contribution in [0.15, 0.2) is 52.9 Å². The number of phenols is 2. The molecule has 0 aliphatic carbocycles. The summed E-state index contributed by atoms with van der Waals surface area (Å²) in [5.41, 5.74) is -2.09. The van der Waals surface area contributed by atoms with E-state index in [1.54, 1.807) is 30.3 Å². The topological polar surface area (TPSA) is 135 Å². The van der Waals surface area contributed by atoms with E-state index >= 15 is 0 Å². The van der Waals surface area contributed by atoms with E-state index in [1.165, 1.54) is 6.92 Å². The van der Waals surface area contributed by atoms with Gasteiger partial charge in [0, 0.05) is 22.9 Å². The fraction of sp³-hybridized carbons (Fsp3) is 0.0952. The van der Waals surface area contributed by atoms with E-state index in [0.717, 1.165) is 18.2 Å². The SMILES string of the molecule is Cc1cc(C(F)(F)F)c(-c2nnc(-c3cc(O)c(O)c([N+](=O)[O-])c3)o2)c(-c2ccccc2)n1. The molecule has 2 aromatic heterocycles. The van der Waals surface area contributed by atoms with Gasteiger partial charge >= 0.3 is 11.9 Å². The fourth-order valence-corrected chi connectivity index (χ4v) is 3.23. The first kappa shape index (κ1) is 21.7. The average molecular weight is 458 g/mol. The summed E-state index contributed by atoms with van der Waals surface area (Å²) in [7, 11) is 0. The van der Waals surface area contributed by atoms with Crippen molar-refractivity contribution in [3.05, 3.63) is 69.9 Å². The van der Waals surface area contributed by atoms with E-state index < -0.39 is 51.2 Å². The molecule has 33 heavy (non-hydrogen) atoms. The van der Waals surface area contributed by atoms with Crippen LogP contribution in [0.3, 0.4) is 0 Å². The van der Waals surface area contributed by atoms with Crippen molar-refractivity contribution in [3.63, 3.8) is 0 Å². The van der Waals surface area contributed by atoms with Crippen molar-refractivity contribution in [2.24, 2.45) is 0 Å². The highest BCUT2D eigenvalue weighted by Crippen LogP contribution is 2.43. The number of aromatic nitrogens is 3. The maximum Gasteiger partial charge on any atom is 0.417 e. The number of benzene rings is 2.